The second-order valence-electron chi connectivity index (χ2n) is 6.22. The molecule has 0 atom stereocenters. The van der Waals surface area contributed by atoms with Crippen molar-refractivity contribution in [3.63, 3.8) is 0 Å². The van der Waals surface area contributed by atoms with Crippen molar-refractivity contribution in [2.24, 2.45) is 21.7 Å². The molecule has 0 aliphatic rings. The maximum Gasteiger partial charge on any atom is 0.211 e. The number of guanidine groups is 1. The predicted molar refractivity (Wildman–Crippen MR) is 94.0 cm³/mol. The molecule has 0 unspecified atom stereocenters. The van der Waals surface area contributed by atoms with Gasteiger partial charge in [0.05, 0.1) is 6.21 Å². The van der Waals surface area contributed by atoms with Crippen LogP contribution in [0.25, 0.3) is 11.1 Å². The zero-order valence-electron chi connectivity index (χ0n) is 13.2. The molecule has 0 amide bonds. The topological polar surface area (TPSA) is 76.8 Å². The highest BCUT2D eigenvalue weighted by atomic mass is 15.3. The second kappa shape index (κ2) is 6.43. The summed E-state index contributed by atoms with van der Waals surface area (Å²) in [6, 6.07) is 16.7. The second-order valence-corrected chi connectivity index (χ2v) is 6.22. The molecule has 2 aromatic carbocycles. The molecule has 0 saturated heterocycles. The first-order valence-corrected chi connectivity index (χ1v) is 7.19. The van der Waals surface area contributed by atoms with Gasteiger partial charge in [-0.25, -0.2) is 0 Å². The molecule has 0 aromatic heterocycles. The Labute approximate surface area is 131 Å². The van der Waals surface area contributed by atoms with E-state index in [0.29, 0.717) is 0 Å². The van der Waals surface area contributed by atoms with Crippen LogP contribution in [-0.2, 0) is 5.41 Å². The molecule has 2 rings (SSSR count). The lowest BCUT2D eigenvalue weighted by Crippen LogP contribution is -2.21. The molecule has 4 heteroatoms. The summed E-state index contributed by atoms with van der Waals surface area (Å²) < 4.78 is 0. The molecule has 0 aliphatic carbocycles. The average molecular weight is 294 g/mol. The van der Waals surface area contributed by atoms with E-state index in [4.69, 9.17) is 11.5 Å². The first-order chi connectivity index (χ1) is 10.4. The van der Waals surface area contributed by atoms with E-state index in [1.165, 1.54) is 11.1 Å². The van der Waals surface area contributed by atoms with E-state index in [1.54, 1.807) is 6.21 Å². The summed E-state index contributed by atoms with van der Waals surface area (Å²) in [6.07, 6.45) is 1.63. The Morgan fingerprint density at radius 3 is 2.23 bits per heavy atom. The van der Waals surface area contributed by atoms with Crippen LogP contribution in [0.5, 0.6) is 0 Å². The molecule has 0 spiro atoms. The quantitative estimate of drug-likeness (QED) is 0.518. The molecule has 2 aromatic rings. The number of benzene rings is 2. The summed E-state index contributed by atoms with van der Waals surface area (Å²) in [5.41, 5.74) is 15.2. The van der Waals surface area contributed by atoms with Gasteiger partial charge in [0, 0.05) is 0 Å². The predicted octanol–water partition coefficient (Wildman–Crippen LogP) is 3.26. The lowest BCUT2D eigenvalue weighted by molar-refractivity contribution is 0.590. The van der Waals surface area contributed by atoms with Crippen molar-refractivity contribution < 1.29 is 0 Å². The van der Waals surface area contributed by atoms with Gasteiger partial charge in [0.15, 0.2) is 0 Å². The summed E-state index contributed by atoms with van der Waals surface area (Å²) in [7, 11) is 0. The average Bonchev–Trinajstić information content (AvgIpc) is 2.46. The Kier molecular flexibility index (Phi) is 4.61. The van der Waals surface area contributed by atoms with Gasteiger partial charge in [0.25, 0.3) is 0 Å². The van der Waals surface area contributed by atoms with E-state index >= 15 is 0 Å². The fourth-order valence-electron chi connectivity index (χ4n) is 2.12. The fourth-order valence-corrected chi connectivity index (χ4v) is 2.12. The third-order valence-electron chi connectivity index (χ3n) is 3.35. The van der Waals surface area contributed by atoms with Gasteiger partial charge in [-0.15, -0.1) is 5.10 Å². The number of hydrogen-bond acceptors (Lipinski definition) is 2. The number of nitrogens with zero attached hydrogens (tertiary/aromatic N) is 2. The van der Waals surface area contributed by atoms with Crippen LogP contribution in [0.2, 0.25) is 0 Å². The Balaban J connectivity index is 2.26. The van der Waals surface area contributed by atoms with Crippen LogP contribution in [0, 0.1) is 0 Å². The minimum Gasteiger partial charge on any atom is -0.369 e. The van der Waals surface area contributed by atoms with Crippen LogP contribution in [0.4, 0.5) is 0 Å². The molecule has 0 aliphatic heterocycles. The molecule has 0 fully saturated rings. The Morgan fingerprint density at radius 2 is 1.64 bits per heavy atom. The lowest BCUT2D eigenvalue weighted by atomic mass is 9.86. The first-order valence-electron chi connectivity index (χ1n) is 7.19. The fraction of sp³-hybridized carbons (Fsp3) is 0.222. The van der Waals surface area contributed by atoms with Crippen LogP contribution in [-0.4, -0.2) is 12.2 Å². The Morgan fingerprint density at radius 1 is 0.955 bits per heavy atom. The third kappa shape index (κ3) is 4.19. The van der Waals surface area contributed by atoms with Gasteiger partial charge in [-0.2, -0.15) is 5.10 Å². The van der Waals surface area contributed by atoms with E-state index in [9.17, 15) is 0 Å². The van der Waals surface area contributed by atoms with Crippen molar-refractivity contribution in [3.05, 3.63) is 59.7 Å². The van der Waals surface area contributed by atoms with Crippen molar-refractivity contribution in [2.75, 3.05) is 0 Å². The zero-order valence-corrected chi connectivity index (χ0v) is 13.2. The largest absolute Gasteiger partial charge is 0.369 e. The highest BCUT2D eigenvalue weighted by molar-refractivity contribution is 5.83. The normalized spacial score (nSPS) is 11.6. The number of rotatable bonds is 3. The highest BCUT2D eigenvalue weighted by Gasteiger charge is 2.12. The monoisotopic (exact) mass is 294 g/mol. The number of hydrogen-bond donors (Lipinski definition) is 2. The maximum atomic E-state index is 5.24. The van der Waals surface area contributed by atoms with Crippen LogP contribution in [0.3, 0.4) is 0 Å². The van der Waals surface area contributed by atoms with E-state index in [-0.39, 0.29) is 11.4 Å². The van der Waals surface area contributed by atoms with Gasteiger partial charge in [-0.3, -0.25) is 0 Å². The van der Waals surface area contributed by atoms with Crippen LogP contribution < -0.4 is 11.5 Å². The minimum absolute atomic E-state index is 0.0508. The molecule has 0 saturated carbocycles. The van der Waals surface area contributed by atoms with Crippen molar-refractivity contribution in [1.29, 1.82) is 0 Å². The van der Waals surface area contributed by atoms with E-state index in [1.807, 2.05) is 12.1 Å². The van der Waals surface area contributed by atoms with Crippen molar-refractivity contribution in [3.8, 4) is 11.1 Å². The van der Waals surface area contributed by atoms with E-state index in [2.05, 4.69) is 67.4 Å². The van der Waals surface area contributed by atoms with Crippen molar-refractivity contribution >= 4 is 12.2 Å². The molecule has 0 radical (unpaired) electrons. The third-order valence-corrected chi connectivity index (χ3v) is 3.35. The van der Waals surface area contributed by atoms with Gasteiger partial charge in [0.1, 0.15) is 0 Å². The molecule has 22 heavy (non-hydrogen) atoms. The van der Waals surface area contributed by atoms with Crippen LogP contribution >= 0.6 is 0 Å². The highest BCUT2D eigenvalue weighted by Crippen LogP contribution is 2.26. The summed E-state index contributed by atoms with van der Waals surface area (Å²) in [5, 5.41) is 7.44. The van der Waals surface area contributed by atoms with Crippen molar-refractivity contribution in [1.82, 2.24) is 0 Å². The van der Waals surface area contributed by atoms with Gasteiger partial charge >= 0.3 is 0 Å². The molecular weight excluding hydrogens is 272 g/mol. The lowest BCUT2D eigenvalue weighted by Gasteiger charge is -2.19. The van der Waals surface area contributed by atoms with Crippen molar-refractivity contribution in [2.45, 2.75) is 26.2 Å². The van der Waals surface area contributed by atoms with Gasteiger partial charge in [0.2, 0.25) is 5.96 Å². The molecule has 0 heterocycles. The first kappa shape index (κ1) is 15.8. The Bertz CT molecular complexity index is 688. The molecule has 114 valence electrons. The minimum atomic E-state index is -0.0508. The summed E-state index contributed by atoms with van der Waals surface area (Å²) in [6.45, 7) is 6.63. The van der Waals surface area contributed by atoms with Gasteiger partial charge in [-0.1, -0.05) is 63.2 Å². The summed E-state index contributed by atoms with van der Waals surface area (Å²) in [5.74, 6) is -0.0508. The van der Waals surface area contributed by atoms with Crippen LogP contribution in [0.15, 0.2) is 58.7 Å². The number of nitrogens with two attached hydrogens (primary N) is 2. The molecule has 4 N–H and O–H groups in total. The SMILES string of the molecule is CC(C)(C)c1ccc(-c2cccc(/C=N\N=C(N)N)c2)cc1. The van der Waals surface area contributed by atoms with Gasteiger partial charge < -0.3 is 11.5 Å². The summed E-state index contributed by atoms with van der Waals surface area (Å²) >= 11 is 0. The Hall–Kier alpha value is -2.62. The van der Waals surface area contributed by atoms with E-state index < -0.39 is 0 Å². The standard InChI is InChI=1S/C18H22N4/c1-18(2,3)16-9-7-14(8-10-16)15-6-4-5-13(11-15)12-21-22-17(19)20/h4-12H,1-3H3,(H4,19,20,22)/b21-12-. The molecular formula is C18H22N4. The van der Waals surface area contributed by atoms with Gasteiger partial charge in [-0.05, 0) is 33.7 Å². The molecule has 4 nitrogen and oxygen atoms in total. The smallest absolute Gasteiger partial charge is 0.211 e. The maximum absolute atomic E-state index is 5.24. The van der Waals surface area contributed by atoms with Crippen LogP contribution in [0.1, 0.15) is 31.9 Å². The van der Waals surface area contributed by atoms with E-state index in [0.717, 1.165) is 11.1 Å². The zero-order chi connectivity index (χ0) is 16.2. The summed E-state index contributed by atoms with van der Waals surface area (Å²) in [4.78, 5) is 0. The molecule has 0 bridgehead atoms.